The van der Waals surface area contributed by atoms with Gasteiger partial charge < -0.3 is 9.47 Å². The molecule has 0 unspecified atom stereocenters. The molecule has 0 saturated carbocycles. The highest BCUT2D eigenvalue weighted by atomic mass is 32.2. The molecule has 148 valence electrons. The molecule has 0 spiro atoms. The third-order valence-corrected chi connectivity index (χ3v) is 6.77. The Hall–Kier alpha value is -2.60. The van der Waals surface area contributed by atoms with Crippen molar-refractivity contribution >= 4 is 10.0 Å². The van der Waals surface area contributed by atoms with Gasteiger partial charge in [-0.05, 0) is 29.8 Å². The van der Waals surface area contributed by atoms with Crippen LogP contribution in [0.5, 0.6) is 11.5 Å². The van der Waals surface area contributed by atoms with E-state index in [0.717, 1.165) is 5.56 Å². The monoisotopic (exact) mass is 401 g/mol. The Morgan fingerprint density at radius 3 is 2.32 bits per heavy atom. The van der Waals surface area contributed by atoms with Gasteiger partial charge in [0.1, 0.15) is 6.07 Å². The maximum Gasteiger partial charge on any atom is 0.244 e. The summed E-state index contributed by atoms with van der Waals surface area (Å²) >= 11 is 0. The normalized spacial score (nSPS) is 15.8. The molecule has 0 aliphatic carbocycles. The molecular weight excluding hydrogens is 378 g/mol. The number of nitrogens with zero attached hydrogens (tertiary/aromatic N) is 3. The van der Waals surface area contributed by atoms with Crippen molar-refractivity contribution in [1.29, 1.82) is 5.26 Å². The van der Waals surface area contributed by atoms with Gasteiger partial charge in [-0.3, -0.25) is 4.90 Å². The van der Waals surface area contributed by atoms with Gasteiger partial charge in [0.25, 0.3) is 0 Å². The van der Waals surface area contributed by atoms with E-state index in [0.29, 0.717) is 44.2 Å². The van der Waals surface area contributed by atoms with Gasteiger partial charge in [0.2, 0.25) is 10.0 Å². The fourth-order valence-electron chi connectivity index (χ4n) is 3.29. The van der Waals surface area contributed by atoms with E-state index in [1.165, 1.54) is 16.4 Å². The molecule has 1 aliphatic rings. The molecule has 3 rings (SSSR count). The number of hydrogen-bond acceptors (Lipinski definition) is 6. The van der Waals surface area contributed by atoms with E-state index in [2.05, 4.69) is 4.90 Å². The standard InChI is InChI=1S/C20H23N3O4S/c1-26-18-8-7-16(13-19(18)27-2)15-22-9-11-23(12-10-22)28(24,25)20-6-4-3-5-17(20)14-21/h3-8,13H,9-12,15H2,1-2H3. The Kier molecular flexibility index (Phi) is 6.19. The van der Waals surface area contributed by atoms with Crippen LogP contribution >= 0.6 is 0 Å². The first-order valence-electron chi connectivity index (χ1n) is 8.92. The van der Waals surface area contributed by atoms with Gasteiger partial charge in [-0.2, -0.15) is 9.57 Å². The largest absolute Gasteiger partial charge is 0.493 e. The maximum absolute atomic E-state index is 12.9. The van der Waals surface area contributed by atoms with E-state index in [-0.39, 0.29) is 10.5 Å². The van der Waals surface area contributed by atoms with E-state index in [1.54, 1.807) is 26.4 Å². The van der Waals surface area contributed by atoms with Crippen LogP contribution in [-0.4, -0.2) is 58.0 Å². The number of sulfonamides is 1. The maximum atomic E-state index is 12.9. The van der Waals surface area contributed by atoms with Crippen molar-refractivity contribution in [2.75, 3.05) is 40.4 Å². The summed E-state index contributed by atoms with van der Waals surface area (Å²) in [4.78, 5) is 2.27. The summed E-state index contributed by atoms with van der Waals surface area (Å²) in [7, 11) is -0.473. The second kappa shape index (κ2) is 8.61. The second-order valence-electron chi connectivity index (χ2n) is 6.48. The van der Waals surface area contributed by atoms with Gasteiger partial charge in [-0.15, -0.1) is 0 Å². The summed E-state index contributed by atoms with van der Waals surface area (Å²) in [5.41, 5.74) is 1.25. The lowest BCUT2D eigenvalue weighted by Gasteiger charge is -2.34. The molecule has 2 aromatic carbocycles. The number of hydrogen-bond donors (Lipinski definition) is 0. The molecular formula is C20H23N3O4S. The summed E-state index contributed by atoms with van der Waals surface area (Å²) in [5.74, 6) is 1.35. The van der Waals surface area contributed by atoms with Gasteiger partial charge in [-0.1, -0.05) is 18.2 Å². The first kappa shape index (κ1) is 20.1. The fourth-order valence-corrected chi connectivity index (χ4v) is 4.85. The quantitative estimate of drug-likeness (QED) is 0.737. The molecule has 1 fully saturated rings. The first-order chi connectivity index (χ1) is 13.5. The number of nitriles is 1. The number of ether oxygens (including phenoxy) is 2. The Morgan fingerprint density at radius 2 is 1.68 bits per heavy atom. The van der Waals surface area contributed by atoms with Crippen LogP contribution in [0.1, 0.15) is 11.1 Å². The minimum Gasteiger partial charge on any atom is -0.493 e. The first-order valence-corrected chi connectivity index (χ1v) is 10.4. The van der Waals surface area contributed by atoms with Crippen molar-refractivity contribution in [2.45, 2.75) is 11.4 Å². The zero-order chi connectivity index (χ0) is 20.1. The third kappa shape index (κ3) is 4.12. The number of methoxy groups -OCH3 is 2. The molecule has 1 saturated heterocycles. The van der Waals surface area contributed by atoms with Crippen molar-refractivity contribution in [3.8, 4) is 17.6 Å². The Morgan fingerprint density at radius 1 is 1.00 bits per heavy atom. The van der Waals surface area contributed by atoms with Crippen molar-refractivity contribution in [3.05, 3.63) is 53.6 Å². The summed E-state index contributed by atoms with van der Waals surface area (Å²) in [5, 5.41) is 9.21. The van der Waals surface area contributed by atoms with Crippen LogP contribution in [0.4, 0.5) is 0 Å². The highest BCUT2D eigenvalue weighted by molar-refractivity contribution is 7.89. The lowest BCUT2D eigenvalue weighted by molar-refractivity contribution is 0.181. The average molecular weight is 401 g/mol. The van der Waals surface area contributed by atoms with E-state index < -0.39 is 10.0 Å². The Bertz CT molecular complexity index is 977. The Balaban J connectivity index is 1.67. The fraction of sp³-hybridized carbons (Fsp3) is 0.350. The van der Waals surface area contributed by atoms with Gasteiger partial charge in [0.05, 0.1) is 24.7 Å². The van der Waals surface area contributed by atoms with Crippen molar-refractivity contribution in [3.63, 3.8) is 0 Å². The third-order valence-electron chi connectivity index (χ3n) is 4.81. The smallest absolute Gasteiger partial charge is 0.244 e. The van der Waals surface area contributed by atoms with Gasteiger partial charge in [-0.25, -0.2) is 8.42 Å². The molecule has 28 heavy (non-hydrogen) atoms. The summed E-state index contributed by atoms with van der Waals surface area (Å²) in [6.45, 7) is 2.69. The Labute approximate surface area is 165 Å². The molecule has 0 atom stereocenters. The predicted molar refractivity (Wildman–Crippen MR) is 105 cm³/mol. The predicted octanol–water partition coefficient (Wildman–Crippen LogP) is 2.08. The molecule has 2 aromatic rings. The van der Waals surface area contributed by atoms with Gasteiger partial charge in [0, 0.05) is 32.7 Å². The molecule has 8 heteroatoms. The molecule has 0 bridgehead atoms. The highest BCUT2D eigenvalue weighted by Crippen LogP contribution is 2.28. The molecule has 0 N–H and O–H groups in total. The van der Waals surface area contributed by atoms with E-state index in [1.807, 2.05) is 24.3 Å². The summed E-state index contributed by atoms with van der Waals surface area (Å²) < 4.78 is 37.9. The van der Waals surface area contributed by atoms with Gasteiger partial charge in [0.15, 0.2) is 11.5 Å². The van der Waals surface area contributed by atoms with Gasteiger partial charge >= 0.3 is 0 Å². The average Bonchev–Trinajstić information content (AvgIpc) is 2.74. The molecule has 1 heterocycles. The van der Waals surface area contributed by atoms with Crippen LogP contribution in [0.2, 0.25) is 0 Å². The van der Waals surface area contributed by atoms with Crippen LogP contribution in [-0.2, 0) is 16.6 Å². The lowest BCUT2D eigenvalue weighted by Crippen LogP contribution is -2.48. The van der Waals surface area contributed by atoms with E-state index >= 15 is 0 Å². The molecule has 7 nitrogen and oxygen atoms in total. The van der Waals surface area contributed by atoms with Crippen LogP contribution in [0, 0.1) is 11.3 Å². The lowest BCUT2D eigenvalue weighted by atomic mass is 10.1. The number of rotatable bonds is 6. The SMILES string of the molecule is COc1ccc(CN2CCN(S(=O)(=O)c3ccccc3C#N)CC2)cc1OC. The number of piperazine rings is 1. The molecule has 0 aromatic heterocycles. The van der Waals surface area contributed by atoms with Crippen molar-refractivity contribution in [2.24, 2.45) is 0 Å². The van der Waals surface area contributed by atoms with Crippen molar-refractivity contribution < 1.29 is 17.9 Å². The summed E-state index contributed by atoms with van der Waals surface area (Å²) in [6, 6.07) is 14.1. The van der Waals surface area contributed by atoms with Crippen LogP contribution in [0.3, 0.4) is 0 Å². The summed E-state index contributed by atoms with van der Waals surface area (Å²) in [6.07, 6.45) is 0. The molecule has 0 amide bonds. The highest BCUT2D eigenvalue weighted by Gasteiger charge is 2.30. The zero-order valence-corrected chi connectivity index (χ0v) is 16.8. The topological polar surface area (TPSA) is 82.9 Å². The van der Waals surface area contributed by atoms with Crippen LogP contribution < -0.4 is 9.47 Å². The van der Waals surface area contributed by atoms with Crippen LogP contribution in [0.15, 0.2) is 47.4 Å². The van der Waals surface area contributed by atoms with Crippen LogP contribution in [0.25, 0.3) is 0 Å². The molecule has 1 aliphatic heterocycles. The minimum absolute atomic E-state index is 0.0749. The van der Waals surface area contributed by atoms with E-state index in [9.17, 15) is 13.7 Å². The number of benzene rings is 2. The van der Waals surface area contributed by atoms with E-state index in [4.69, 9.17) is 9.47 Å². The minimum atomic E-state index is -3.67. The van der Waals surface area contributed by atoms with Crippen molar-refractivity contribution in [1.82, 2.24) is 9.21 Å². The zero-order valence-electron chi connectivity index (χ0n) is 16.0. The second-order valence-corrected chi connectivity index (χ2v) is 8.38. The molecule has 0 radical (unpaired) electrons.